The van der Waals surface area contributed by atoms with Gasteiger partial charge in [-0.2, -0.15) is 10.2 Å². The highest BCUT2D eigenvalue weighted by Crippen LogP contribution is 2.14. The van der Waals surface area contributed by atoms with Crippen LogP contribution < -0.4 is 5.73 Å². The van der Waals surface area contributed by atoms with Gasteiger partial charge in [-0.05, 0) is 24.3 Å². The Morgan fingerprint density at radius 2 is 1.43 bits per heavy atom. The molecular formula is C16H17N5. The average molecular weight is 279 g/mol. The van der Waals surface area contributed by atoms with Crippen LogP contribution in [-0.2, 0) is 14.1 Å². The Hall–Kier alpha value is -2.82. The van der Waals surface area contributed by atoms with Crippen LogP contribution in [0.2, 0.25) is 0 Å². The van der Waals surface area contributed by atoms with Crippen LogP contribution in [0.15, 0.2) is 54.9 Å². The highest BCUT2D eigenvalue weighted by Gasteiger charge is 1.96. The van der Waals surface area contributed by atoms with E-state index in [0.29, 0.717) is 0 Å². The molecule has 0 unspecified atom stereocenters. The Kier molecular flexibility index (Phi) is 3.31. The molecule has 0 aliphatic carbocycles. The largest absolute Gasteiger partial charge is 0.399 e. The smallest absolute Gasteiger partial charge is 0.0924 e. The maximum Gasteiger partial charge on any atom is 0.0924 e. The van der Waals surface area contributed by atoms with Crippen LogP contribution in [0.25, 0.3) is 21.8 Å². The fourth-order valence-electron chi connectivity index (χ4n) is 2.26. The summed E-state index contributed by atoms with van der Waals surface area (Å²) in [4.78, 5) is 0. The number of benzene rings is 2. The van der Waals surface area contributed by atoms with E-state index < -0.39 is 0 Å². The summed E-state index contributed by atoms with van der Waals surface area (Å²) in [6, 6.07) is 13.8. The summed E-state index contributed by atoms with van der Waals surface area (Å²) in [5, 5.41) is 10.7. The van der Waals surface area contributed by atoms with E-state index in [-0.39, 0.29) is 0 Å². The lowest BCUT2D eigenvalue weighted by molar-refractivity contribution is 0.779. The van der Waals surface area contributed by atoms with E-state index in [0.717, 1.165) is 22.1 Å². The molecule has 2 N–H and O–H groups in total. The third-order valence-electron chi connectivity index (χ3n) is 3.17. The molecule has 0 radical (unpaired) electrons. The van der Waals surface area contributed by atoms with E-state index in [4.69, 9.17) is 5.73 Å². The third-order valence-corrected chi connectivity index (χ3v) is 3.17. The van der Waals surface area contributed by atoms with Gasteiger partial charge in [-0.3, -0.25) is 9.36 Å². The molecule has 0 aliphatic heterocycles. The zero-order chi connectivity index (χ0) is 14.8. The summed E-state index contributed by atoms with van der Waals surface area (Å²) >= 11 is 0. The van der Waals surface area contributed by atoms with Crippen LogP contribution in [0.3, 0.4) is 0 Å². The van der Waals surface area contributed by atoms with E-state index in [1.807, 2.05) is 67.6 Å². The monoisotopic (exact) mass is 279 g/mol. The van der Waals surface area contributed by atoms with E-state index in [2.05, 4.69) is 16.3 Å². The molecule has 0 amide bonds. The molecular weight excluding hydrogens is 262 g/mol. The van der Waals surface area contributed by atoms with Crippen molar-refractivity contribution in [1.29, 1.82) is 0 Å². The standard InChI is InChI=1S/C8H9N3.C8H8N2/c1-11-5-6-4-7(9)2-3-8(6)10-11;1-10-6-7-4-2-3-5-8(7)9-10/h2-5H,9H2,1H3;2-6H,1H3. The molecule has 5 heteroatoms. The highest BCUT2D eigenvalue weighted by atomic mass is 15.2. The van der Waals surface area contributed by atoms with E-state index in [9.17, 15) is 0 Å². The first-order valence-electron chi connectivity index (χ1n) is 6.69. The zero-order valence-electron chi connectivity index (χ0n) is 12.1. The molecule has 0 spiro atoms. The van der Waals surface area contributed by atoms with Crippen LogP contribution >= 0.6 is 0 Å². The summed E-state index contributed by atoms with van der Waals surface area (Å²) in [5.74, 6) is 0. The SMILES string of the molecule is Cn1cc2cc(N)ccc2n1.Cn1cc2ccccc2n1. The number of aromatic nitrogens is 4. The Balaban J connectivity index is 0.000000126. The van der Waals surface area contributed by atoms with Gasteiger partial charge in [0.25, 0.3) is 0 Å². The second-order valence-corrected chi connectivity index (χ2v) is 4.98. The zero-order valence-corrected chi connectivity index (χ0v) is 12.1. The number of aryl methyl sites for hydroxylation is 2. The molecule has 2 aromatic heterocycles. The molecule has 2 aromatic carbocycles. The minimum absolute atomic E-state index is 0.783. The summed E-state index contributed by atoms with van der Waals surface area (Å²) in [6.45, 7) is 0. The molecule has 4 aromatic rings. The van der Waals surface area contributed by atoms with Gasteiger partial charge in [0.05, 0.1) is 11.0 Å². The fourth-order valence-corrected chi connectivity index (χ4v) is 2.26. The molecule has 106 valence electrons. The van der Waals surface area contributed by atoms with Crippen LogP contribution in [0.5, 0.6) is 0 Å². The normalized spacial score (nSPS) is 10.6. The second-order valence-electron chi connectivity index (χ2n) is 4.98. The van der Waals surface area contributed by atoms with Crippen LogP contribution in [-0.4, -0.2) is 19.6 Å². The molecule has 0 saturated heterocycles. The molecule has 5 nitrogen and oxygen atoms in total. The van der Waals surface area contributed by atoms with E-state index in [1.165, 1.54) is 5.39 Å². The van der Waals surface area contributed by atoms with Crippen molar-refractivity contribution in [3.05, 3.63) is 54.9 Å². The van der Waals surface area contributed by atoms with Gasteiger partial charge in [0.15, 0.2) is 0 Å². The van der Waals surface area contributed by atoms with Crippen molar-refractivity contribution < 1.29 is 0 Å². The topological polar surface area (TPSA) is 61.7 Å². The number of nitrogens with zero attached hydrogens (tertiary/aromatic N) is 4. The van der Waals surface area contributed by atoms with Crippen molar-refractivity contribution in [2.24, 2.45) is 14.1 Å². The van der Waals surface area contributed by atoms with Gasteiger partial charge in [0, 0.05) is 42.9 Å². The van der Waals surface area contributed by atoms with E-state index in [1.54, 1.807) is 4.68 Å². The predicted octanol–water partition coefficient (Wildman–Crippen LogP) is 2.73. The molecule has 21 heavy (non-hydrogen) atoms. The van der Waals surface area contributed by atoms with Gasteiger partial charge >= 0.3 is 0 Å². The lowest BCUT2D eigenvalue weighted by atomic mass is 10.2. The Bertz CT molecular complexity index is 855. The molecule has 4 rings (SSSR count). The first-order chi connectivity index (χ1) is 10.1. The summed E-state index contributed by atoms with van der Waals surface area (Å²) in [7, 11) is 3.83. The minimum atomic E-state index is 0.783. The summed E-state index contributed by atoms with van der Waals surface area (Å²) in [5.41, 5.74) is 8.43. The number of anilines is 1. The van der Waals surface area contributed by atoms with Gasteiger partial charge < -0.3 is 5.73 Å². The lowest BCUT2D eigenvalue weighted by Crippen LogP contribution is -1.84. The lowest BCUT2D eigenvalue weighted by Gasteiger charge is -1.88. The Labute approximate surface area is 122 Å². The minimum Gasteiger partial charge on any atom is -0.399 e. The van der Waals surface area contributed by atoms with Crippen molar-refractivity contribution in [2.75, 3.05) is 5.73 Å². The maximum atomic E-state index is 5.60. The summed E-state index contributed by atoms with van der Waals surface area (Å²) < 4.78 is 3.61. The number of hydrogen-bond acceptors (Lipinski definition) is 3. The molecule has 0 atom stereocenters. The first-order valence-corrected chi connectivity index (χ1v) is 6.69. The van der Waals surface area contributed by atoms with Crippen molar-refractivity contribution in [2.45, 2.75) is 0 Å². The molecule has 0 saturated carbocycles. The average Bonchev–Trinajstić information content (AvgIpc) is 2.99. The molecule has 0 aliphatic rings. The number of rotatable bonds is 0. The van der Waals surface area contributed by atoms with Gasteiger partial charge in [-0.1, -0.05) is 18.2 Å². The number of nitrogen functional groups attached to an aromatic ring is 1. The number of nitrogens with two attached hydrogens (primary N) is 1. The highest BCUT2D eigenvalue weighted by molar-refractivity contribution is 5.81. The van der Waals surface area contributed by atoms with Crippen molar-refractivity contribution in [1.82, 2.24) is 19.6 Å². The van der Waals surface area contributed by atoms with Crippen LogP contribution in [0.4, 0.5) is 5.69 Å². The predicted molar refractivity (Wildman–Crippen MR) is 85.8 cm³/mol. The van der Waals surface area contributed by atoms with Crippen LogP contribution in [0, 0.1) is 0 Å². The summed E-state index contributed by atoms with van der Waals surface area (Å²) in [6.07, 6.45) is 3.96. The first kappa shape index (κ1) is 13.2. The molecule has 0 bridgehead atoms. The maximum absolute atomic E-state index is 5.60. The van der Waals surface area contributed by atoms with Crippen LogP contribution in [0.1, 0.15) is 0 Å². The second kappa shape index (κ2) is 5.28. The van der Waals surface area contributed by atoms with Crippen molar-refractivity contribution in [3.8, 4) is 0 Å². The van der Waals surface area contributed by atoms with Gasteiger partial charge in [0.2, 0.25) is 0 Å². The fraction of sp³-hybridized carbons (Fsp3) is 0.125. The van der Waals surface area contributed by atoms with Gasteiger partial charge in [-0.15, -0.1) is 0 Å². The Morgan fingerprint density at radius 3 is 2.14 bits per heavy atom. The third kappa shape index (κ3) is 2.86. The molecule has 2 heterocycles. The number of fused-ring (bicyclic) bond motifs is 2. The quantitative estimate of drug-likeness (QED) is 0.503. The number of hydrogen-bond donors (Lipinski definition) is 1. The van der Waals surface area contributed by atoms with Gasteiger partial charge in [-0.25, -0.2) is 0 Å². The Morgan fingerprint density at radius 1 is 0.810 bits per heavy atom. The van der Waals surface area contributed by atoms with Crippen molar-refractivity contribution >= 4 is 27.5 Å². The van der Waals surface area contributed by atoms with E-state index >= 15 is 0 Å². The van der Waals surface area contributed by atoms with Gasteiger partial charge in [0.1, 0.15) is 0 Å². The van der Waals surface area contributed by atoms with Crippen molar-refractivity contribution in [3.63, 3.8) is 0 Å². The molecule has 0 fully saturated rings.